The van der Waals surface area contributed by atoms with E-state index >= 15 is 0 Å². The van der Waals surface area contributed by atoms with Gasteiger partial charge in [-0.15, -0.1) is 11.6 Å². The summed E-state index contributed by atoms with van der Waals surface area (Å²) in [4.78, 5) is 0. The zero-order valence-corrected chi connectivity index (χ0v) is 9.34. The molecular formula is C12H15ClO. The highest BCUT2D eigenvalue weighted by Gasteiger charge is 1.97. The minimum atomic E-state index is 0.538. The molecule has 0 N–H and O–H groups in total. The summed E-state index contributed by atoms with van der Waals surface area (Å²) in [6.45, 7) is 4.70. The number of hydrogen-bond donors (Lipinski definition) is 0. The van der Waals surface area contributed by atoms with Crippen LogP contribution in [0.3, 0.4) is 0 Å². The van der Waals surface area contributed by atoms with Crippen LogP contribution in [0.1, 0.15) is 11.1 Å². The van der Waals surface area contributed by atoms with E-state index in [9.17, 15) is 0 Å². The molecule has 76 valence electrons. The Morgan fingerprint density at radius 2 is 2.07 bits per heavy atom. The van der Waals surface area contributed by atoms with Gasteiger partial charge in [0.25, 0.3) is 0 Å². The van der Waals surface area contributed by atoms with Crippen molar-refractivity contribution >= 4 is 11.6 Å². The molecule has 14 heavy (non-hydrogen) atoms. The topological polar surface area (TPSA) is 9.23 Å². The monoisotopic (exact) mass is 210 g/mol. The van der Waals surface area contributed by atoms with E-state index in [1.165, 1.54) is 11.1 Å². The Hall–Kier alpha value is -0.950. The highest BCUT2D eigenvalue weighted by molar-refractivity contribution is 6.18. The lowest BCUT2D eigenvalue weighted by Gasteiger charge is -2.07. The molecule has 0 aliphatic rings. The van der Waals surface area contributed by atoms with Gasteiger partial charge in [0, 0.05) is 5.88 Å². The Bertz CT molecular complexity index is 318. The fourth-order valence-electron chi connectivity index (χ4n) is 1.23. The first kappa shape index (κ1) is 11.1. The summed E-state index contributed by atoms with van der Waals surface area (Å²) in [6.07, 6.45) is 3.80. The third-order valence-electron chi connectivity index (χ3n) is 1.92. The first-order chi connectivity index (χ1) is 6.74. The fraction of sp³-hybridized carbons (Fsp3) is 0.333. The van der Waals surface area contributed by atoms with Crippen LogP contribution >= 0.6 is 11.6 Å². The molecule has 0 atom stereocenters. The second-order valence-electron chi connectivity index (χ2n) is 3.21. The van der Waals surface area contributed by atoms with Crippen LogP contribution in [0.15, 0.2) is 30.4 Å². The highest BCUT2D eigenvalue weighted by Crippen LogP contribution is 2.18. The van der Waals surface area contributed by atoms with Gasteiger partial charge in [-0.3, -0.25) is 0 Å². The van der Waals surface area contributed by atoms with Gasteiger partial charge < -0.3 is 4.74 Å². The number of aryl methyl sites for hydroxylation is 2. The number of halogens is 1. The molecule has 0 heterocycles. The Kier molecular flexibility index (Phi) is 4.54. The molecule has 1 aromatic rings. The lowest BCUT2D eigenvalue weighted by Crippen LogP contribution is -1.95. The second kappa shape index (κ2) is 5.71. The van der Waals surface area contributed by atoms with Crippen molar-refractivity contribution in [1.82, 2.24) is 0 Å². The van der Waals surface area contributed by atoms with E-state index in [0.29, 0.717) is 12.5 Å². The molecule has 0 aliphatic carbocycles. The molecular weight excluding hydrogens is 196 g/mol. The molecule has 1 nitrogen and oxygen atoms in total. The first-order valence-electron chi connectivity index (χ1n) is 4.65. The van der Waals surface area contributed by atoms with Gasteiger partial charge in [0.2, 0.25) is 0 Å². The zero-order valence-electron chi connectivity index (χ0n) is 8.59. The van der Waals surface area contributed by atoms with Gasteiger partial charge in [-0.25, -0.2) is 0 Å². The number of allylic oxidation sites excluding steroid dienone is 1. The molecule has 1 rings (SSSR count). The summed E-state index contributed by atoms with van der Waals surface area (Å²) in [7, 11) is 0. The molecule has 0 saturated heterocycles. The molecule has 0 amide bonds. The summed E-state index contributed by atoms with van der Waals surface area (Å²) in [6, 6.07) is 6.16. The van der Waals surface area contributed by atoms with E-state index in [2.05, 4.69) is 13.0 Å². The first-order valence-corrected chi connectivity index (χ1v) is 5.18. The van der Waals surface area contributed by atoms with Crippen LogP contribution in [0.2, 0.25) is 0 Å². The zero-order chi connectivity index (χ0) is 10.4. The summed E-state index contributed by atoms with van der Waals surface area (Å²) in [5.74, 6) is 1.48. The van der Waals surface area contributed by atoms with Crippen molar-refractivity contribution in [2.75, 3.05) is 12.5 Å². The second-order valence-corrected chi connectivity index (χ2v) is 3.51. The normalized spacial score (nSPS) is 10.8. The molecule has 0 bridgehead atoms. The highest BCUT2D eigenvalue weighted by atomic mass is 35.5. The van der Waals surface area contributed by atoms with Gasteiger partial charge in [-0.05, 0) is 25.5 Å². The smallest absolute Gasteiger partial charge is 0.122 e. The Labute approximate surface area is 90.3 Å². The van der Waals surface area contributed by atoms with Crippen LogP contribution in [0.5, 0.6) is 5.75 Å². The average Bonchev–Trinajstić information content (AvgIpc) is 2.15. The maximum atomic E-state index is 5.55. The largest absolute Gasteiger partial charge is 0.489 e. The SMILES string of the molecule is Cc1ccc(OCC=CCCl)c(C)c1. The molecule has 0 unspecified atom stereocenters. The average molecular weight is 211 g/mol. The minimum absolute atomic E-state index is 0.538. The molecule has 1 aromatic carbocycles. The van der Waals surface area contributed by atoms with Gasteiger partial charge >= 0.3 is 0 Å². The molecule has 0 aromatic heterocycles. The number of hydrogen-bond acceptors (Lipinski definition) is 1. The van der Waals surface area contributed by atoms with E-state index in [-0.39, 0.29) is 0 Å². The van der Waals surface area contributed by atoms with Crippen molar-refractivity contribution in [1.29, 1.82) is 0 Å². The van der Waals surface area contributed by atoms with Crippen LogP contribution in [-0.4, -0.2) is 12.5 Å². The van der Waals surface area contributed by atoms with Gasteiger partial charge in [-0.2, -0.15) is 0 Å². The van der Waals surface area contributed by atoms with Gasteiger partial charge in [0.05, 0.1) is 0 Å². The van der Waals surface area contributed by atoms with E-state index in [1.807, 2.05) is 31.2 Å². The maximum Gasteiger partial charge on any atom is 0.122 e. The number of alkyl halides is 1. The van der Waals surface area contributed by atoms with Gasteiger partial charge in [0.1, 0.15) is 12.4 Å². The molecule has 0 spiro atoms. The van der Waals surface area contributed by atoms with Crippen molar-refractivity contribution in [3.63, 3.8) is 0 Å². The van der Waals surface area contributed by atoms with E-state index < -0.39 is 0 Å². The predicted molar refractivity (Wildman–Crippen MR) is 61.3 cm³/mol. The van der Waals surface area contributed by atoms with Crippen molar-refractivity contribution in [3.05, 3.63) is 41.5 Å². The quantitative estimate of drug-likeness (QED) is 0.546. The van der Waals surface area contributed by atoms with E-state index in [1.54, 1.807) is 0 Å². The number of ether oxygens (including phenoxy) is 1. The van der Waals surface area contributed by atoms with Crippen molar-refractivity contribution in [3.8, 4) is 5.75 Å². The lowest BCUT2D eigenvalue weighted by molar-refractivity contribution is 0.360. The van der Waals surface area contributed by atoms with E-state index in [0.717, 1.165) is 5.75 Å². The van der Waals surface area contributed by atoms with Crippen LogP contribution in [-0.2, 0) is 0 Å². The molecule has 0 fully saturated rings. The van der Waals surface area contributed by atoms with Crippen LogP contribution < -0.4 is 4.74 Å². The fourth-order valence-corrected chi connectivity index (χ4v) is 1.36. The van der Waals surface area contributed by atoms with Crippen molar-refractivity contribution < 1.29 is 4.74 Å². The molecule has 2 heteroatoms. The number of rotatable bonds is 4. The molecule has 0 aliphatic heterocycles. The maximum absolute atomic E-state index is 5.55. The third kappa shape index (κ3) is 3.43. The molecule has 0 saturated carbocycles. The molecule has 0 radical (unpaired) electrons. The standard InChI is InChI=1S/C12H15ClO/c1-10-5-6-12(11(2)9-10)14-8-4-3-7-13/h3-6,9H,7-8H2,1-2H3. The van der Waals surface area contributed by atoms with Gasteiger partial charge in [-0.1, -0.05) is 29.8 Å². The summed E-state index contributed by atoms with van der Waals surface area (Å²) < 4.78 is 5.55. The third-order valence-corrected chi connectivity index (χ3v) is 2.10. The van der Waals surface area contributed by atoms with Crippen LogP contribution in [0.4, 0.5) is 0 Å². The Morgan fingerprint density at radius 3 is 2.71 bits per heavy atom. The van der Waals surface area contributed by atoms with E-state index in [4.69, 9.17) is 16.3 Å². The Morgan fingerprint density at radius 1 is 1.29 bits per heavy atom. The van der Waals surface area contributed by atoms with Crippen LogP contribution in [0, 0.1) is 13.8 Å². The minimum Gasteiger partial charge on any atom is -0.489 e. The summed E-state index contributed by atoms with van der Waals surface area (Å²) in [5, 5.41) is 0. The Balaban J connectivity index is 2.55. The predicted octanol–water partition coefficient (Wildman–Crippen LogP) is 3.48. The van der Waals surface area contributed by atoms with Crippen molar-refractivity contribution in [2.24, 2.45) is 0 Å². The summed E-state index contributed by atoms with van der Waals surface area (Å²) in [5.41, 5.74) is 2.43. The van der Waals surface area contributed by atoms with Crippen molar-refractivity contribution in [2.45, 2.75) is 13.8 Å². The lowest BCUT2D eigenvalue weighted by atomic mass is 10.1. The van der Waals surface area contributed by atoms with Crippen LogP contribution in [0.25, 0.3) is 0 Å². The number of benzene rings is 1. The van der Waals surface area contributed by atoms with Gasteiger partial charge in [0.15, 0.2) is 0 Å². The summed E-state index contributed by atoms with van der Waals surface area (Å²) >= 11 is 5.49.